The number of hydrogen-bond donors (Lipinski definition) is 1. The Balaban J connectivity index is 1.04. The van der Waals surface area contributed by atoms with Gasteiger partial charge in [0.1, 0.15) is 0 Å². The molecule has 52 heavy (non-hydrogen) atoms. The first-order valence-corrected chi connectivity index (χ1v) is 18.5. The number of amides is 1. The number of fused-ring (bicyclic) bond motifs is 1. The Hall–Kier alpha value is -4.51. The number of imidazole rings is 1. The normalized spacial score (nSPS) is 18.1. The average Bonchev–Trinajstić information content (AvgIpc) is 3.77. The van der Waals surface area contributed by atoms with Gasteiger partial charge in [0.25, 0.3) is 5.91 Å². The molecule has 10 nitrogen and oxygen atoms in total. The van der Waals surface area contributed by atoms with Gasteiger partial charge < -0.3 is 33.9 Å². The van der Waals surface area contributed by atoms with Crippen molar-refractivity contribution in [2.75, 3.05) is 59.4 Å². The molecule has 1 amide bonds. The van der Waals surface area contributed by atoms with E-state index >= 15 is 0 Å². The van der Waals surface area contributed by atoms with Crippen molar-refractivity contribution in [2.24, 2.45) is 0 Å². The van der Waals surface area contributed by atoms with Crippen LogP contribution in [0.15, 0.2) is 79.0 Å². The van der Waals surface area contributed by atoms with E-state index in [1.165, 1.54) is 0 Å². The first kappa shape index (κ1) is 35.9. The minimum absolute atomic E-state index is 0.0813. The minimum atomic E-state index is -0.282. The molecule has 5 aromatic rings. The number of aromatic nitrogens is 3. The van der Waals surface area contributed by atoms with Gasteiger partial charge in [0.15, 0.2) is 11.5 Å². The molecule has 2 aromatic heterocycles. The van der Waals surface area contributed by atoms with Gasteiger partial charge in [0, 0.05) is 49.4 Å². The maximum Gasteiger partial charge on any atom is 0.254 e. The molecule has 7 rings (SSSR count). The Morgan fingerprint density at radius 3 is 2.35 bits per heavy atom. The molecule has 12 heteroatoms. The van der Waals surface area contributed by atoms with Crippen molar-refractivity contribution < 1.29 is 19.0 Å². The monoisotopic (exact) mass is 742 g/mol. The van der Waals surface area contributed by atoms with Crippen molar-refractivity contribution in [1.82, 2.24) is 24.3 Å². The Kier molecular flexibility index (Phi) is 10.8. The van der Waals surface area contributed by atoms with Crippen LogP contribution in [0.1, 0.15) is 47.3 Å². The summed E-state index contributed by atoms with van der Waals surface area (Å²) in [5.74, 6) is 2.15. The van der Waals surface area contributed by atoms with Crippen molar-refractivity contribution in [2.45, 2.75) is 43.7 Å². The number of carbonyl (C=O) groups excluding carboxylic acids is 1. The third-order valence-corrected chi connectivity index (χ3v) is 11.4. The lowest BCUT2D eigenvalue weighted by atomic mass is 9.76. The van der Waals surface area contributed by atoms with E-state index in [0.29, 0.717) is 58.5 Å². The summed E-state index contributed by atoms with van der Waals surface area (Å²) in [7, 11) is 4.65. The summed E-state index contributed by atoms with van der Waals surface area (Å²) in [5.41, 5.74) is 4.37. The van der Waals surface area contributed by atoms with Crippen molar-refractivity contribution in [3.05, 3.63) is 106 Å². The van der Waals surface area contributed by atoms with Gasteiger partial charge in [0.05, 0.1) is 54.6 Å². The number of anilines is 1. The molecule has 2 saturated heterocycles. The van der Waals surface area contributed by atoms with Gasteiger partial charge >= 0.3 is 0 Å². The third-order valence-electron chi connectivity index (χ3n) is 10.6. The highest BCUT2D eigenvalue weighted by atomic mass is 35.5. The molecule has 0 bridgehead atoms. The largest absolute Gasteiger partial charge is 0.493 e. The van der Waals surface area contributed by atoms with Crippen LogP contribution in [-0.2, 0) is 12.0 Å². The number of nitrogens with zero attached hydrogens (tertiary/aromatic N) is 5. The van der Waals surface area contributed by atoms with Gasteiger partial charge in [-0.2, -0.15) is 0 Å². The summed E-state index contributed by atoms with van der Waals surface area (Å²) >= 11 is 12.9. The molecule has 0 aliphatic carbocycles. The third kappa shape index (κ3) is 7.38. The minimum Gasteiger partial charge on any atom is -0.493 e. The smallest absolute Gasteiger partial charge is 0.254 e. The highest BCUT2D eigenvalue weighted by Crippen LogP contribution is 2.43. The number of ether oxygens (including phenoxy) is 3. The van der Waals surface area contributed by atoms with Crippen LogP contribution in [0.2, 0.25) is 10.0 Å². The molecule has 0 saturated carbocycles. The zero-order valence-electron chi connectivity index (χ0n) is 29.8. The van der Waals surface area contributed by atoms with Crippen LogP contribution in [0.25, 0.3) is 11.0 Å². The summed E-state index contributed by atoms with van der Waals surface area (Å²) < 4.78 is 18.8. The molecule has 2 fully saturated rings. The second-order valence-corrected chi connectivity index (χ2v) is 14.5. The van der Waals surface area contributed by atoms with Crippen LogP contribution >= 0.6 is 23.2 Å². The lowest BCUT2D eigenvalue weighted by molar-refractivity contribution is 0.0779. The lowest BCUT2D eigenvalue weighted by Gasteiger charge is -2.36. The number of halogens is 2. The van der Waals surface area contributed by atoms with Crippen molar-refractivity contribution in [3.8, 4) is 17.2 Å². The van der Waals surface area contributed by atoms with Gasteiger partial charge in [-0.3, -0.25) is 9.78 Å². The maximum absolute atomic E-state index is 14.0. The summed E-state index contributed by atoms with van der Waals surface area (Å²) in [6.07, 6.45) is 5.52. The Morgan fingerprint density at radius 2 is 1.65 bits per heavy atom. The molecule has 0 radical (unpaired) electrons. The van der Waals surface area contributed by atoms with E-state index in [4.69, 9.17) is 42.4 Å². The predicted molar refractivity (Wildman–Crippen MR) is 206 cm³/mol. The van der Waals surface area contributed by atoms with Crippen LogP contribution in [0.3, 0.4) is 0 Å². The molecule has 1 unspecified atom stereocenters. The summed E-state index contributed by atoms with van der Waals surface area (Å²) in [4.78, 5) is 28.0. The molecule has 1 atom stereocenters. The Morgan fingerprint density at radius 1 is 0.904 bits per heavy atom. The molecule has 3 aromatic carbocycles. The fourth-order valence-electron chi connectivity index (χ4n) is 7.70. The van der Waals surface area contributed by atoms with E-state index < -0.39 is 0 Å². The van der Waals surface area contributed by atoms with E-state index in [1.54, 1.807) is 33.5 Å². The number of methoxy groups -OCH3 is 3. The van der Waals surface area contributed by atoms with E-state index in [1.807, 2.05) is 41.4 Å². The van der Waals surface area contributed by atoms with Crippen LogP contribution in [-0.4, -0.2) is 90.3 Å². The number of pyridine rings is 1. The number of nitrogens with one attached hydrogen (secondary N) is 1. The lowest BCUT2D eigenvalue weighted by Crippen LogP contribution is -2.42. The number of likely N-dealkylation sites (tertiary alicyclic amines) is 2. The fraction of sp³-hybridized carbons (Fsp3) is 0.375. The maximum atomic E-state index is 14.0. The highest BCUT2D eigenvalue weighted by Gasteiger charge is 2.42. The zero-order valence-corrected chi connectivity index (χ0v) is 31.3. The Labute approximate surface area is 314 Å². The highest BCUT2D eigenvalue weighted by molar-refractivity contribution is 6.42. The number of piperidine rings is 1. The first-order valence-electron chi connectivity index (χ1n) is 17.7. The van der Waals surface area contributed by atoms with Crippen LogP contribution < -0.4 is 19.5 Å². The summed E-state index contributed by atoms with van der Waals surface area (Å²) in [6, 6.07) is 23.9. The molecule has 4 heterocycles. The molecule has 0 spiro atoms. The van der Waals surface area contributed by atoms with Crippen LogP contribution in [0, 0.1) is 0 Å². The number of hydrogen-bond acceptors (Lipinski definition) is 8. The van der Waals surface area contributed by atoms with Crippen molar-refractivity contribution >= 4 is 46.1 Å². The second-order valence-electron chi connectivity index (χ2n) is 13.6. The molecule has 1 N–H and O–H groups in total. The second kappa shape index (κ2) is 15.6. The van der Waals surface area contributed by atoms with Gasteiger partial charge in [-0.1, -0.05) is 47.5 Å². The van der Waals surface area contributed by atoms with E-state index in [-0.39, 0.29) is 11.3 Å². The Bertz CT molecular complexity index is 2010. The van der Waals surface area contributed by atoms with E-state index in [9.17, 15) is 4.79 Å². The number of carbonyl (C=O) groups is 1. The number of benzene rings is 3. The summed E-state index contributed by atoms with van der Waals surface area (Å²) in [5, 5.41) is 4.82. The van der Waals surface area contributed by atoms with Gasteiger partial charge in [-0.15, -0.1) is 0 Å². The zero-order chi connectivity index (χ0) is 36.2. The molecular weight excluding hydrogens is 699 g/mol. The van der Waals surface area contributed by atoms with E-state index in [2.05, 4.69) is 50.1 Å². The van der Waals surface area contributed by atoms with Gasteiger partial charge in [0.2, 0.25) is 11.7 Å². The van der Waals surface area contributed by atoms with Crippen molar-refractivity contribution in [3.63, 3.8) is 0 Å². The van der Waals surface area contributed by atoms with Crippen molar-refractivity contribution in [1.29, 1.82) is 0 Å². The quantitative estimate of drug-likeness (QED) is 0.140. The van der Waals surface area contributed by atoms with E-state index in [0.717, 1.165) is 73.6 Å². The number of rotatable bonds is 12. The average molecular weight is 744 g/mol. The molecule has 2 aliphatic heterocycles. The standard InChI is InChI=1S/C40H44Cl2N6O4/c1-50-35-22-27(23-36(51-2)37(35)52-3)38(49)47-21-16-40(26-47,28-11-12-31(41)32(42)24-28)15-20-46-18-13-29(14-19-46)44-39-45-33-9-4-5-10-34(33)48(39)25-30-8-6-7-17-43-30/h4-12,17,22-24,29H,13-16,18-21,25-26H2,1-3H3,(H,44,45). The van der Waals surface area contributed by atoms with Gasteiger partial charge in [-0.05, 0) is 86.3 Å². The molecule has 272 valence electrons. The van der Waals surface area contributed by atoms with Gasteiger partial charge in [-0.25, -0.2) is 4.98 Å². The SMILES string of the molecule is COc1cc(C(=O)N2CCC(CCN3CCC(Nc4nc5ccccc5n4Cc4ccccn4)CC3)(c3ccc(Cl)c(Cl)c3)C2)cc(OC)c1OC. The predicted octanol–water partition coefficient (Wildman–Crippen LogP) is 7.56. The van der Waals surface area contributed by atoms with Crippen LogP contribution in [0.4, 0.5) is 5.95 Å². The molecular formula is C40H44Cl2N6O4. The summed E-state index contributed by atoms with van der Waals surface area (Å²) in [6.45, 7) is 4.65. The van der Waals surface area contributed by atoms with Crippen LogP contribution in [0.5, 0.6) is 17.2 Å². The number of para-hydroxylation sites is 2. The first-order chi connectivity index (χ1) is 25.3. The molecule has 2 aliphatic rings. The topological polar surface area (TPSA) is 94.0 Å². The fourth-order valence-corrected chi connectivity index (χ4v) is 8.00.